The molecule has 90 valence electrons. The molecular weight excluding hydrogens is 256 g/mol. The summed E-state index contributed by atoms with van der Waals surface area (Å²) in [7, 11) is 0. The fraction of sp³-hybridized carbons (Fsp3) is 0.417. The van der Waals surface area contributed by atoms with E-state index in [1.807, 2.05) is 29.1 Å². The summed E-state index contributed by atoms with van der Waals surface area (Å²) in [6.45, 7) is 2.03. The fourth-order valence-corrected chi connectivity index (χ4v) is 3.20. The highest BCUT2D eigenvalue weighted by molar-refractivity contribution is 7.14. The quantitative estimate of drug-likeness (QED) is 0.927. The zero-order chi connectivity index (χ0) is 12.0. The molecule has 1 N–H and O–H groups in total. The van der Waals surface area contributed by atoms with E-state index in [9.17, 15) is 5.11 Å². The van der Waals surface area contributed by atoms with Gasteiger partial charge in [0.15, 0.2) is 5.82 Å². The van der Waals surface area contributed by atoms with Crippen LogP contribution in [0.3, 0.4) is 0 Å². The second-order valence-electron chi connectivity index (χ2n) is 4.54. The zero-order valence-corrected chi connectivity index (χ0v) is 11.0. The van der Waals surface area contributed by atoms with Crippen molar-refractivity contribution in [3.8, 4) is 10.7 Å². The second-order valence-corrected chi connectivity index (χ2v) is 5.86. The predicted octanol–water partition coefficient (Wildman–Crippen LogP) is 3.35. The normalized spacial score (nSPS) is 19.2. The fourth-order valence-electron chi connectivity index (χ4n) is 2.06. The number of halogens is 1. The molecule has 2 heterocycles. The molecule has 0 aromatic carbocycles. The minimum absolute atomic E-state index is 0.0400. The first-order chi connectivity index (χ1) is 8.12. The molecule has 3 rings (SSSR count). The van der Waals surface area contributed by atoms with Crippen molar-refractivity contribution in [1.29, 1.82) is 0 Å². The maximum Gasteiger partial charge on any atom is 0.151 e. The van der Waals surface area contributed by atoms with Crippen molar-refractivity contribution < 1.29 is 5.11 Å². The number of hydrogen-bond acceptors (Lipinski definition) is 3. The Labute approximate surface area is 109 Å². The van der Waals surface area contributed by atoms with Crippen LogP contribution in [0.25, 0.3) is 10.7 Å². The lowest BCUT2D eigenvalue weighted by Crippen LogP contribution is -2.23. The van der Waals surface area contributed by atoms with Gasteiger partial charge >= 0.3 is 0 Å². The van der Waals surface area contributed by atoms with Gasteiger partial charge in [0.25, 0.3) is 0 Å². The summed E-state index contributed by atoms with van der Waals surface area (Å²) in [6, 6.07) is 1.91. The molecule has 0 radical (unpaired) electrons. The number of thiophene rings is 1. The zero-order valence-electron chi connectivity index (χ0n) is 9.43. The molecule has 0 aliphatic heterocycles. The van der Waals surface area contributed by atoms with E-state index in [1.54, 1.807) is 17.5 Å². The summed E-state index contributed by atoms with van der Waals surface area (Å²) in [6.07, 6.45) is 5.40. The molecular formula is C12H13ClN2OS. The van der Waals surface area contributed by atoms with Gasteiger partial charge in [-0.2, -0.15) is 0 Å². The van der Waals surface area contributed by atoms with Crippen molar-refractivity contribution >= 4 is 22.9 Å². The van der Waals surface area contributed by atoms with Crippen molar-refractivity contribution in [1.82, 2.24) is 9.55 Å². The predicted molar refractivity (Wildman–Crippen MR) is 69.4 cm³/mol. The molecule has 2 aromatic rings. The van der Waals surface area contributed by atoms with Gasteiger partial charge in [-0.05, 0) is 31.2 Å². The minimum Gasteiger partial charge on any atom is -0.388 e. The van der Waals surface area contributed by atoms with E-state index in [1.165, 1.54) is 0 Å². The summed E-state index contributed by atoms with van der Waals surface area (Å²) in [4.78, 5) is 5.33. The summed E-state index contributed by atoms with van der Waals surface area (Å²) in [5, 5.41) is 12.9. The van der Waals surface area contributed by atoms with Crippen molar-refractivity contribution in [2.75, 3.05) is 0 Å². The first-order valence-corrected chi connectivity index (χ1v) is 6.86. The minimum atomic E-state index is -0.556. The van der Waals surface area contributed by atoms with Crippen molar-refractivity contribution in [2.45, 2.75) is 31.4 Å². The number of aliphatic hydroxyl groups is 1. The van der Waals surface area contributed by atoms with Crippen LogP contribution in [0.1, 0.15) is 25.8 Å². The van der Waals surface area contributed by atoms with E-state index in [0.29, 0.717) is 0 Å². The van der Waals surface area contributed by atoms with Crippen LogP contribution in [0.5, 0.6) is 0 Å². The Balaban J connectivity index is 2.03. The Morgan fingerprint density at radius 1 is 1.59 bits per heavy atom. The van der Waals surface area contributed by atoms with E-state index in [4.69, 9.17) is 11.6 Å². The van der Waals surface area contributed by atoms with Gasteiger partial charge in [-0.15, -0.1) is 11.3 Å². The Bertz CT molecular complexity index is 544. The molecule has 0 spiro atoms. The van der Waals surface area contributed by atoms with E-state index in [2.05, 4.69) is 4.98 Å². The van der Waals surface area contributed by atoms with Crippen LogP contribution in [0.15, 0.2) is 23.8 Å². The van der Waals surface area contributed by atoms with Crippen molar-refractivity contribution in [2.24, 2.45) is 0 Å². The Hall–Kier alpha value is -0.840. The number of rotatable bonds is 3. The van der Waals surface area contributed by atoms with Gasteiger partial charge in [0, 0.05) is 12.4 Å². The monoisotopic (exact) mass is 268 g/mol. The van der Waals surface area contributed by atoms with Gasteiger partial charge < -0.3 is 9.67 Å². The summed E-state index contributed by atoms with van der Waals surface area (Å²) in [5.74, 6) is 0.845. The Morgan fingerprint density at radius 3 is 2.94 bits per heavy atom. The first kappa shape index (κ1) is 11.3. The third kappa shape index (κ3) is 1.80. The molecule has 0 bridgehead atoms. The van der Waals surface area contributed by atoms with E-state index < -0.39 is 5.60 Å². The highest BCUT2D eigenvalue weighted by atomic mass is 35.5. The lowest BCUT2D eigenvalue weighted by atomic mass is 10.1. The summed E-state index contributed by atoms with van der Waals surface area (Å²) < 4.78 is 2.02. The standard InChI is InChI=1S/C12H13ClN2OS/c1-8(12(16)3-4-12)15-6-5-14-11(15)10-9(13)2-7-17-10/h2,5-8,16H,3-4H2,1H3. The largest absolute Gasteiger partial charge is 0.388 e. The van der Waals surface area contributed by atoms with Crippen molar-refractivity contribution in [3.63, 3.8) is 0 Å². The molecule has 5 heteroatoms. The van der Waals surface area contributed by atoms with Crippen LogP contribution in [0, 0.1) is 0 Å². The maximum atomic E-state index is 10.2. The van der Waals surface area contributed by atoms with Crippen LogP contribution < -0.4 is 0 Å². The highest BCUT2D eigenvalue weighted by Crippen LogP contribution is 2.46. The van der Waals surface area contributed by atoms with E-state index >= 15 is 0 Å². The van der Waals surface area contributed by atoms with Crippen LogP contribution in [-0.2, 0) is 0 Å². The maximum absolute atomic E-state index is 10.2. The Morgan fingerprint density at radius 2 is 2.35 bits per heavy atom. The van der Waals surface area contributed by atoms with E-state index in [-0.39, 0.29) is 6.04 Å². The van der Waals surface area contributed by atoms with Gasteiger partial charge in [-0.25, -0.2) is 4.98 Å². The van der Waals surface area contributed by atoms with Gasteiger partial charge in [-0.1, -0.05) is 11.6 Å². The van der Waals surface area contributed by atoms with Crippen LogP contribution >= 0.6 is 22.9 Å². The van der Waals surface area contributed by atoms with Crippen molar-refractivity contribution in [3.05, 3.63) is 28.9 Å². The Kier molecular flexibility index (Phi) is 2.54. The number of nitrogens with zero attached hydrogens (tertiary/aromatic N) is 2. The molecule has 3 nitrogen and oxygen atoms in total. The third-order valence-corrected chi connectivity index (χ3v) is 4.78. The topological polar surface area (TPSA) is 38.0 Å². The molecule has 1 aliphatic carbocycles. The smallest absolute Gasteiger partial charge is 0.151 e. The van der Waals surface area contributed by atoms with Crippen LogP contribution in [0.2, 0.25) is 5.02 Å². The van der Waals surface area contributed by atoms with E-state index in [0.717, 1.165) is 28.6 Å². The van der Waals surface area contributed by atoms with Crippen LogP contribution in [-0.4, -0.2) is 20.3 Å². The average molecular weight is 269 g/mol. The molecule has 1 fully saturated rings. The molecule has 1 aliphatic rings. The summed E-state index contributed by atoms with van der Waals surface area (Å²) >= 11 is 7.71. The molecule has 1 unspecified atom stereocenters. The van der Waals surface area contributed by atoms with Gasteiger partial charge in [-0.3, -0.25) is 0 Å². The number of hydrogen-bond donors (Lipinski definition) is 1. The lowest BCUT2D eigenvalue weighted by molar-refractivity contribution is 0.0963. The number of aromatic nitrogens is 2. The lowest BCUT2D eigenvalue weighted by Gasteiger charge is -2.21. The molecule has 1 atom stereocenters. The van der Waals surface area contributed by atoms with Gasteiger partial charge in [0.2, 0.25) is 0 Å². The second kappa shape index (κ2) is 3.83. The highest BCUT2D eigenvalue weighted by Gasteiger charge is 2.46. The average Bonchev–Trinajstić information content (AvgIpc) is 2.77. The molecule has 17 heavy (non-hydrogen) atoms. The molecule has 1 saturated carbocycles. The van der Waals surface area contributed by atoms with Gasteiger partial charge in [0.1, 0.15) is 0 Å². The summed E-state index contributed by atoms with van der Waals surface area (Å²) in [5.41, 5.74) is -0.556. The number of imidazole rings is 1. The SMILES string of the molecule is CC(n1ccnc1-c1sccc1Cl)C1(O)CC1. The first-order valence-electron chi connectivity index (χ1n) is 5.60. The molecule has 0 saturated heterocycles. The van der Waals surface area contributed by atoms with Crippen LogP contribution in [0.4, 0.5) is 0 Å². The molecule has 0 amide bonds. The third-order valence-electron chi connectivity index (χ3n) is 3.45. The molecule has 2 aromatic heterocycles. The van der Waals surface area contributed by atoms with Gasteiger partial charge in [0.05, 0.1) is 21.5 Å².